The Bertz CT molecular complexity index is 339. The lowest BCUT2D eigenvalue weighted by Crippen LogP contribution is -2.46. The summed E-state index contributed by atoms with van der Waals surface area (Å²) in [4.78, 5) is 11.4. The number of sulfone groups is 1. The quantitative estimate of drug-likeness (QED) is 0.558. The molecule has 17 heavy (non-hydrogen) atoms. The average molecular weight is 263 g/mol. The molecule has 0 spiro atoms. The highest BCUT2D eigenvalue weighted by atomic mass is 32.2. The highest BCUT2D eigenvalue weighted by Gasteiger charge is 2.26. The van der Waals surface area contributed by atoms with Gasteiger partial charge in [0.05, 0.1) is 24.5 Å². The summed E-state index contributed by atoms with van der Waals surface area (Å²) in [7, 11) is -2.98. The number of unbranched alkanes of at least 4 members (excludes halogenated alkanes) is 2. The summed E-state index contributed by atoms with van der Waals surface area (Å²) < 4.78 is 27.7. The normalized spacial score (nSPS) is 23.2. The number of hydrogen-bond acceptors (Lipinski definition) is 5. The molecule has 1 rings (SSSR count). The maximum atomic E-state index is 11.4. The van der Waals surface area contributed by atoms with Crippen LogP contribution in [-0.2, 0) is 19.4 Å². The first kappa shape index (κ1) is 14.4. The van der Waals surface area contributed by atoms with Gasteiger partial charge in [0.25, 0.3) is 0 Å². The lowest BCUT2D eigenvalue weighted by molar-refractivity contribution is -0.144. The van der Waals surface area contributed by atoms with Gasteiger partial charge < -0.3 is 10.1 Å². The fraction of sp³-hybridized carbons (Fsp3) is 0.909. The lowest BCUT2D eigenvalue weighted by atomic mass is 10.2. The number of nitrogens with one attached hydrogen (secondary N) is 1. The maximum absolute atomic E-state index is 11.4. The molecular weight excluding hydrogens is 242 g/mol. The second-order valence-electron chi connectivity index (χ2n) is 4.40. The topological polar surface area (TPSA) is 72.5 Å². The Labute approximate surface area is 103 Å². The molecule has 5 nitrogen and oxygen atoms in total. The van der Waals surface area contributed by atoms with Gasteiger partial charge in [-0.15, -0.1) is 0 Å². The van der Waals surface area contributed by atoms with Crippen LogP contribution in [0.2, 0.25) is 0 Å². The molecule has 1 aliphatic heterocycles. The van der Waals surface area contributed by atoms with Crippen LogP contribution in [0.25, 0.3) is 0 Å². The van der Waals surface area contributed by atoms with Crippen molar-refractivity contribution >= 4 is 15.8 Å². The Balaban J connectivity index is 2.22. The van der Waals surface area contributed by atoms with E-state index in [2.05, 4.69) is 12.2 Å². The molecule has 1 unspecified atom stereocenters. The molecule has 0 saturated carbocycles. The van der Waals surface area contributed by atoms with Gasteiger partial charge in [-0.1, -0.05) is 19.8 Å². The molecule has 100 valence electrons. The molecule has 0 amide bonds. The van der Waals surface area contributed by atoms with Crippen molar-refractivity contribution in [2.45, 2.75) is 38.6 Å². The second-order valence-corrected chi connectivity index (χ2v) is 6.63. The van der Waals surface area contributed by atoms with E-state index >= 15 is 0 Å². The van der Waals surface area contributed by atoms with Crippen LogP contribution in [0.5, 0.6) is 0 Å². The highest BCUT2D eigenvalue weighted by Crippen LogP contribution is 2.06. The van der Waals surface area contributed by atoms with Crippen molar-refractivity contribution in [3.8, 4) is 0 Å². The Morgan fingerprint density at radius 3 is 2.82 bits per heavy atom. The van der Waals surface area contributed by atoms with E-state index in [1.54, 1.807) is 0 Å². The SMILES string of the molecule is CCCCCOC(=O)CC1CS(=O)(=O)CCN1. The molecule has 0 aromatic heterocycles. The second kappa shape index (κ2) is 6.96. The van der Waals surface area contributed by atoms with Crippen molar-refractivity contribution in [3.63, 3.8) is 0 Å². The van der Waals surface area contributed by atoms with E-state index in [0.717, 1.165) is 19.3 Å². The Hall–Kier alpha value is -0.620. The molecule has 0 aliphatic carbocycles. The lowest BCUT2D eigenvalue weighted by Gasteiger charge is -2.22. The zero-order chi connectivity index (χ0) is 12.7. The molecule has 0 aromatic carbocycles. The van der Waals surface area contributed by atoms with Gasteiger partial charge in [-0.2, -0.15) is 0 Å². The van der Waals surface area contributed by atoms with E-state index in [0.29, 0.717) is 13.2 Å². The van der Waals surface area contributed by atoms with E-state index in [1.165, 1.54) is 0 Å². The van der Waals surface area contributed by atoms with E-state index in [1.807, 2.05) is 0 Å². The molecule has 1 heterocycles. The summed E-state index contributed by atoms with van der Waals surface area (Å²) in [6, 6.07) is -0.285. The van der Waals surface area contributed by atoms with Crippen LogP contribution in [-0.4, -0.2) is 45.1 Å². The van der Waals surface area contributed by atoms with Crippen molar-refractivity contribution in [1.29, 1.82) is 0 Å². The number of hydrogen-bond donors (Lipinski definition) is 1. The third-order valence-corrected chi connectivity index (χ3v) is 4.46. The fourth-order valence-electron chi connectivity index (χ4n) is 1.80. The minimum atomic E-state index is -2.98. The van der Waals surface area contributed by atoms with Crippen LogP contribution in [0, 0.1) is 0 Å². The molecule has 0 bridgehead atoms. The third-order valence-electron chi connectivity index (χ3n) is 2.73. The van der Waals surface area contributed by atoms with Gasteiger partial charge in [-0.25, -0.2) is 8.42 Å². The minimum Gasteiger partial charge on any atom is -0.466 e. The monoisotopic (exact) mass is 263 g/mol. The summed E-state index contributed by atoms with van der Waals surface area (Å²) in [6.45, 7) is 2.95. The summed E-state index contributed by atoms with van der Waals surface area (Å²) in [5.41, 5.74) is 0. The van der Waals surface area contributed by atoms with Crippen molar-refractivity contribution in [1.82, 2.24) is 5.32 Å². The summed E-state index contributed by atoms with van der Waals surface area (Å²) in [5, 5.41) is 3.03. The zero-order valence-electron chi connectivity index (χ0n) is 10.3. The number of esters is 1. The van der Waals surface area contributed by atoms with Crippen LogP contribution in [0.3, 0.4) is 0 Å². The van der Waals surface area contributed by atoms with Crippen molar-refractivity contribution in [2.75, 3.05) is 24.7 Å². The smallest absolute Gasteiger partial charge is 0.307 e. The molecule has 1 atom stereocenters. The Morgan fingerprint density at radius 1 is 1.41 bits per heavy atom. The van der Waals surface area contributed by atoms with Gasteiger partial charge >= 0.3 is 5.97 Å². The predicted molar refractivity (Wildman–Crippen MR) is 65.5 cm³/mol. The molecule has 1 fully saturated rings. The predicted octanol–water partition coefficient (Wildman–Crippen LogP) is 0.496. The first-order valence-electron chi connectivity index (χ1n) is 6.13. The van der Waals surface area contributed by atoms with E-state index < -0.39 is 9.84 Å². The van der Waals surface area contributed by atoms with Crippen LogP contribution >= 0.6 is 0 Å². The van der Waals surface area contributed by atoms with Gasteiger partial charge in [0, 0.05) is 12.6 Å². The van der Waals surface area contributed by atoms with E-state index in [4.69, 9.17) is 4.74 Å². The van der Waals surface area contributed by atoms with Crippen LogP contribution in [0.15, 0.2) is 0 Å². The molecule has 1 saturated heterocycles. The van der Waals surface area contributed by atoms with Crippen LogP contribution in [0.1, 0.15) is 32.6 Å². The van der Waals surface area contributed by atoms with Gasteiger partial charge in [0.1, 0.15) is 0 Å². The summed E-state index contributed by atoms with van der Waals surface area (Å²) in [6.07, 6.45) is 3.15. The average Bonchev–Trinajstić information content (AvgIpc) is 2.23. The first-order chi connectivity index (χ1) is 8.03. The maximum Gasteiger partial charge on any atom is 0.307 e. The standard InChI is InChI=1S/C11H21NO4S/c1-2-3-4-6-16-11(13)8-10-9-17(14,15)7-5-12-10/h10,12H,2-9H2,1H3. The summed E-state index contributed by atoms with van der Waals surface area (Å²) in [5.74, 6) is -0.109. The molecule has 0 radical (unpaired) electrons. The Morgan fingerprint density at radius 2 is 2.18 bits per heavy atom. The fourth-order valence-corrected chi connectivity index (χ4v) is 3.24. The highest BCUT2D eigenvalue weighted by molar-refractivity contribution is 7.91. The molecule has 0 aromatic rings. The molecular formula is C11H21NO4S. The third kappa shape index (κ3) is 6.02. The van der Waals surface area contributed by atoms with Gasteiger partial charge in [-0.05, 0) is 6.42 Å². The van der Waals surface area contributed by atoms with Crippen LogP contribution in [0.4, 0.5) is 0 Å². The molecule has 1 aliphatic rings. The first-order valence-corrected chi connectivity index (χ1v) is 7.95. The van der Waals surface area contributed by atoms with Crippen molar-refractivity contribution < 1.29 is 17.9 Å². The zero-order valence-corrected chi connectivity index (χ0v) is 11.1. The van der Waals surface area contributed by atoms with Crippen molar-refractivity contribution in [3.05, 3.63) is 0 Å². The minimum absolute atomic E-state index is 0.0387. The Kier molecular flexibility index (Phi) is 5.91. The van der Waals surface area contributed by atoms with Gasteiger partial charge in [0.15, 0.2) is 9.84 Å². The largest absolute Gasteiger partial charge is 0.466 e. The number of carbonyl (C=O) groups excluding carboxylic acids is 1. The summed E-state index contributed by atoms with van der Waals surface area (Å²) >= 11 is 0. The number of rotatable bonds is 6. The van der Waals surface area contributed by atoms with Crippen LogP contribution < -0.4 is 5.32 Å². The number of carbonyl (C=O) groups is 1. The van der Waals surface area contributed by atoms with Crippen molar-refractivity contribution in [2.24, 2.45) is 0 Å². The van der Waals surface area contributed by atoms with E-state index in [9.17, 15) is 13.2 Å². The van der Waals surface area contributed by atoms with Gasteiger partial charge in [0.2, 0.25) is 0 Å². The molecule has 6 heteroatoms. The molecule has 1 N–H and O–H groups in total. The van der Waals surface area contributed by atoms with Gasteiger partial charge in [-0.3, -0.25) is 4.79 Å². The number of ether oxygens (including phenoxy) is 1. The van der Waals surface area contributed by atoms with E-state index in [-0.39, 0.29) is 29.9 Å².